The maximum absolute atomic E-state index is 11.6. The summed E-state index contributed by atoms with van der Waals surface area (Å²) in [5.41, 5.74) is 3.14. The van der Waals surface area contributed by atoms with Crippen LogP contribution in [0.15, 0.2) is 29.2 Å². The fourth-order valence-electron chi connectivity index (χ4n) is 1.15. The number of anilines is 1. The van der Waals surface area contributed by atoms with Crippen molar-refractivity contribution >= 4 is 15.5 Å². The van der Waals surface area contributed by atoms with E-state index >= 15 is 0 Å². The van der Waals surface area contributed by atoms with Gasteiger partial charge in [-0.05, 0) is 30.7 Å². The van der Waals surface area contributed by atoms with Crippen molar-refractivity contribution in [2.45, 2.75) is 18.2 Å². The fraction of sp³-hybridized carbons (Fsp3) is 0.333. The number of nitrogens with two attached hydrogens (primary N) is 1. The molecule has 0 spiro atoms. The molecule has 0 saturated heterocycles. The summed E-state index contributed by atoms with van der Waals surface area (Å²) in [6, 6.07) is 6.39. The highest BCUT2D eigenvalue weighted by Gasteiger charge is 2.11. The first kappa shape index (κ1) is 11.0. The molecule has 0 unspecified atom stereocenters. The molecule has 4 nitrogen and oxygen atoms in total. The van der Waals surface area contributed by atoms with Crippen LogP contribution in [0.5, 0.6) is 0 Å². The van der Waals surface area contributed by atoms with Crippen molar-refractivity contribution in [3.8, 4) is 0 Å². The zero-order chi connectivity index (χ0) is 10.6. The van der Waals surface area contributed by atoms with Gasteiger partial charge in [0.25, 0.3) is 0 Å². The van der Waals surface area contributed by atoms with E-state index in [1.165, 1.54) is 0 Å². The Bertz CT molecular complexity index is 384. The minimum atomic E-state index is -3.10. The summed E-state index contributed by atoms with van der Waals surface area (Å²) in [4.78, 5) is 0.346. The number of hydrogen-bond acceptors (Lipinski definition) is 4. The molecule has 1 rings (SSSR count). The van der Waals surface area contributed by atoms with Gasteiger partial charge in [0, 0.05) is 5.69 Å². The first-order chi connectivity index (χ1) is 6.60. The normalized spacial score (nSPS) is 11.3. The van der Waals surface area contributed by atoms with Crippen LogP contribution in [0.25, 0.3) is 0 Å². The number of hydrazine groups is 1. The Hall–Kier alpha value is -1.07. The SMILES string of the molecule is CCCS(=O)(=O)c1ccc(NN)cc1. The average Bonchev–Trinajstić information content (AvgIpc) is 2.18. The van der Waals surface area contributed by atoms with Crippen LogP contribution >= 0.6 is 0 Å². The van der Waals surface area contributed by atoms with E-state index in [0.717, 1.165) is 0 Å². The summed E-state index contributed by atoms with van der Waals surface area (Å²) in [6.07, 6.45) is 0.624. The molecular weight excluding hydrogens is 200 g/mol. The van der Waals surface area contributed by atoms with Gasteiger partial charge in [0.05, 0.1) is 10.6 Å². The first-order valence-electron chi connectivity index (χ1n) is 4.39. The third-order valence-corrected chi connectivity index (χ3v) is 3.79. The van der Waals surface area contributed by atoms with Crippen LogP contribution in [0.1, 0.15) is 13.3 Å². The van der Waals surface area contributed by atoms with Crippen LogP contribution in [0.3, 0.4) is 0 Å². The minimum absolute atomic E-state index is 0.183. The molecule has 0 saturated carbocycles. The van der Waals surface area contributed by atoms with Gasteiger partial charge >= 0.3 is 0 Å². The Morgan fingerprint density at radius 1 is 1.29 bits per heavy atom. The summed E-state index contributed by atoms with van der Waals surface area (Å²) < 4.78 is 23.2. The van der Waals surface area contributed by atoms with Crippen molar-refractivity contribution in [3.63, 3.8) is 0 Å². The van der Waals surface area contributed by atoms with Crippen LogP contribution in [0.2, 0.25) is 0 Å². The summed E-state index contributed by atoms with van der Waals surface area (Å²) in [7, 11) is -3.10. The van der Waals surface area contributed by atoms with Crippen molar-refractivity contribution < 1.29 is 8.42 Å². The smallest absolute Gasteiger partial charge is 0.178 e. The number of nitrogens with one attached hydrogen (secondary N) is 1. The molecular formula is C9H14N2O2S. The van der Waals surface area contributed by atoms with Gasteiger partial charge in [-0.15, -0.1) is 0 Å². The van der Waals surface area contributed by atoms with Crippen molar-refractivity contribution in [1.29, 1.82) is 0 Å². The van der Waals surface area contributed by atoms with Crippen molar-refractivity contribution in [1.82, 2.24) is 0 Å². The lowest BCUT2D eigenvalue weighted by molar-refractivity contribution is 0.595. The van der Waals surface area contributed by atoms with E-state index in [9.17, 15) is 8.42 Å². The lowest BCUT2D eigenvalue weighted by atomic mass is 10.3. The predicted octanol–water partition coefficient (Wildman–Crippen LogP) is 1.16. The van der Waals surface area contributed by atoms with Gasteiger partial charge in [0.15, 0.2) is 9.84 Å². The second-order valence-electron chi connectivity index (χ2n) is 2.99. The topological polar surface area (TPSA) is 72.2 Å². The molecule has 14 heavy (non-hydrogen) atoms. The fourth-order valence-corrected chi connectivity index (χ4v) is 2.47. The predicted molar refractivity (Wildman–Crippen MR) is 56.6 cm³/mol. The molecule has 0 aliphatic heterocycles. The third-order valence-electron chi connectivity index (χ3n) is 1.85. The quantitative estimate of drug-likeness (QED) is 0.582. The summed E-state index contributed by atoms with van der Waals surface area (Å²) in [6.45, 7) is 1.84. The van der Waals surface area contributed by atoms with Gasteiger partial charge in [0.1, 0.15) is 0 Å². The summed E-state index contributed by atoms with van der Waals surface area (Å²) >= 11 is 0. The molecule has 1 aromatic rings. The van der Waals surface area contributed by atoms with Gasteiger partial charge in [-0.1, -0.05) is 6.92 Å². The highest BCUT2D eigenvalue weighted by molar-refractivity contribution is 7.91. The molecule has 0 atom stereocenters. The van der Waals surface area contributed by atoms with Crippen molar-refractivity contribution in [2.75, 3.05) is 11.2 Å². The van der Waals surface area contributed by atoms with Gasteiger partial charge in [0.2, 0.25) is 0 Å². The van der Waals surface area contributed by atoms with E-state index in [0.29, 0.717) is 17.0 Å². The van der Waals surface area contributed by atoms with Crippen molar-refractivity contribution in [3.05, 3.63) is 24.3 Å². The Kier molecular flexibility index (Phi) is 3.49. The van der Waals surface area contributed by atoms with E-state index in [1.54, 1.807) is 24.3 Å². The van der Waals surface area contributed by atoms with Gasteiger partial charge in [-0.2, -0.15) is 0 Å². The molecule has 0 heterocycles. The van der Waals surface area contributed by atoms with Gasteiger partial charge in [-0.3, -0.25) is 5.84 Å². The standard InChI is InChI=1S/C9H14N2O2S/c1-2-7-14(12,13)9-5-3-8(11-10)4-6-9/h3-6,11H,2,7,10H2,1H3. The zero-order valence-electron chi connectivity index (χ0n) is 8.03. The maximum Gasteiger partial charge on any atom is 0.178 e. The highest BCUT2D eigenvalue weighted by Crippen LogP contribution is 2.15. The van der Waals surface area contributed by atoms with Crippen molar-refractivity contribution in [2.24, 2.45) is 5.84 Å². The van der Waals surface area contributed by atoms with E-state index < -0.39 is 9.84 Å². The summed E-state index contributed by atoms with van der Waals surface area (Å²) in [5, 5.41) is 0. The Morgan fingerprint density at radius 2 is 1.86 bits per heavy atom. The number of benzene rings is 1. The molecule has 5 heteroatoms. The van der Waals surface area contributed by atoms with E-state index in [1.807, 2.05) is 6.92 Å². The van der Waals surface area contributed by atoms with Crippen LogP contribution < -0.4 is 11.3 Å². The van der Waals surface area contributed by atoms with Crippen LogP contribution in [0, 0.1) is 0 Å². The monoisotopic (exact) mass is 214 g/mol. The molecule has 0 aliphatic carbocycles. The van der Waals surface area contributed by atoms with Crippen LogP contribution in [-0.4, -0.2) is 14.2 Å². The van der Waals surface area contributed by atoms with E-state index in [4.69, 9.17) is 5.84 Å². The highest BCUT2D eigenvalue weighted by atomic mass is 32.2. The Morgan fingerprint density at radius 3 is 2.29 bits per heavy atom. The van der Waals surface area contributed by atoms with E-state index in [-0.39, 0.29) is 5.75 Å². The minimum Gasteiger partial charge on any atom is -0.324 e. The molecule has 1 aromatic carbocycles. The number of nitrogen functional groups attached to an aromatic ring is 1. The lowest BCUT2D eigenvalue weighted by Crippen LogP contribution is -2.08. The second-order valence-corrected chi connectivity index (χ2v) is 5.10. The lowest BCUT2D eigenvalue weighted by Gasteiger charge is -2.04. The molecule has 0 aliphatic rings. The molecule has 0 aromatic heterocycles. The first-order valence-corrected chi connectivity index (χ1v) is 6.05. The molecule has 3 N–H and O–H groups in total. The van der Waals surface area contributed by atoms with Crippen LogP contribution in [0.4, 0.5) is 5.69 Å². The zero-order valence-corrected chi connectivity index (χ0v) is 8.84. The third kappa shape index (κ3) is 2.46. The number of rotatable bonds is 4. The maximum atomic E-state index is 11.6. The Balaban J connectivity index is 2.97. The van der Waals surface area contributed by atoms with Crippen LogP contribution in [-0.2, 0) is 9.84 Å². The van der Waals surface area contributed by atoms with Gasteiger partial charge < -0.3 is 5.43 Å². The molecule has 0 bridgehead atoms. The Labute approximate surface area is 84.0 Å². The van der Waals surface area contributed by atoms with Gasteiger partial charge in [-0.25, -0.2) is 8.42 Å². The molecule has 0 radical (unpaired) electrons. The van der Waals surface area contributed by atoms with E-state index in [2.05, 4.69) is 5.43 Å². The summed E-state index contributed by atoms with van der Waals surface area (Å²) in [5.74, 6) is 5.35. The molecule has 78 valence electrons. The number of hydrogen-bond donors (Lipinski definition) is 2. The molecule has 0 fully saturated rings. The number of sulfone groups is 1. The largest absolute Gasteiger partial charge is 0.324 e. The molecule has 0 amide bonds. The second kappa shape index (κ2) is 4.43. The average molecular weight is 214 g/mol.